The van der Waals surface area contributed by atoms with Crippen LogP contribution in [0.1, 0.15) is 27.7 Å². The van der Waals surface area contributed by atoms with E-state index >= 15 is 0 Å². The molecule has 0 atom stereocenters. The van der Waals surface area contributed by atoms with Gasteiger partial charge < -0.3 is 9.84 Å². The third-order valence-corrected chi connectivity index (χ3v) is 6.58. The molecule has 160 valence electrons. The monoisotopic (exact) mass is 438 g/mol. The molecule has 2 aromatic carbocycles. The van der Waals surface area contributed by atoms with E-state index in [4.69, 9.17) is 4.74 Å². The largest absolute Gasteiger partial charge is 0.462 e. The summed E-state index contributed by atoms with van der Waals surface area (Å²) in [5.74, 6) is -0.515. The van der Waals surface area contributed by atoms with Gasteiger partial charge in [0, 0.05) is 0 Å². The Hall–Kier alpha value is -3.23. The molecule has 1 N–H and O–H groups in total. The second-order valence-electron chi connectivity index (χ2n) is 7.14. The minimum Gasteiger partial charge on any atom is -0.462 e. The quantitative estimate of drug-likeness (QED) is 0.468. The van der Waals surface area contributed by atoms with E-state index in [0.717, 1.165) is 32.2 Å². The maximum atomic E-state index is 13.3. The van der Waals surface area contributed by atoms with Gasteiger partial charge in [0.05, 0.1) is 31.7 Å². The summed E-state index contributed by atoms with van der Waals surface area (Å²) in [6.45, 7) is 3.37. The van der Waals surface area contributed by atoms with Crippen molar-refractivity contribution in [2.24, 2.45) is 0 Å². The van der Waals surface area contributed by atoms with Gasteiger partial charge in [0.1, 0.15) is 9.71 Å². The van der Waals surface area contributed by atoms with E-state index in [1.807, 2.05) is 42.5 Å². The van der Waals surface area contributed by atoms with Crippen LogP contribution in [-0.4, -0.2) is 33.4 Å². The van der Waals surface area contributed by atoms with Crippen molar-refractivity contribution >= 4 is 38.3 Å². The summed E-state index contributed by atoms with van der Waals surface area (Å²) in [5.41, 5.74) is 0.380. The van der Waals surface area contributed by atoms with Crippen molar-refractivity contribution in [3.63, 3.8) is 0 Å². The fourth-order valence-corrected chi connectivity index (χ4v) is 5.01. The van der Waals surface area contributed by atoms with Gasteiger partial charge in [0.25, 0.3) is 5.56 Å². The van der Waals surface area contributed by atoms with E-state index in [0.29, 0.717) is 20.7 Å². The van der Waals surface area contributed by atoms with Crippen LogP contribution in [0.25, 0.3) is 21.0 Å². The van der Waals surface area contributed by atoms with Gasteiger partial charge in [-0.1, -0.05) is 42.5 Å². The number of aliphatic hydroxyl groups is 1. The molecule has 0 radical (unpaired) electrons. The third-order valence-electron chi connectivity index (χ3n) is 5.29. The third kappa shape index (κ3) is 3.58. The fraction of sp³-hybridized carbons (Fsp3) is 0.261. The van der Waals surface area contributed by atoms with Crippen molar-refractivity contribution in [2.45, 2.75) is 26.9 Å². The predicted molar refractivity (Wildman–Crippen MR) is 121 cm³/mol. The summed E-state index contributed by atoms with van der Waals surface area (Å²) >= 11 is 1.09. The van der Waals surface area contributed by atoms with Crippen LogP contribution < -0.4 is 11.2 Å². The Morgan fingerprint density at radius 2 is 1.84 bits per heavy atom. The van der Waals surface area contributed by atoms with Crippen LogP contribution in [0, 0.1) is 6.92 Å². The van der Waals surface area contributed by atoms with Gasteiger partial charge in [-0.15, -0.1) is 11.3 Å². The lowest BCUT2D eigenvalue weighted by Crippen LogP contribution is -2.40. The highest BCUT2D eigenvalue weighted by Gasteiger charge is 2.24. The number of rotatable bonds is 6. The molecule has 0 unspecified atom stereocenters. The summed E-state index contributed by atoms with van der Waals surface area (Å²) in [7, 11) is 0. The number of aryl methyl sites for hydroxylation is 1. The molecule has 7 nitrogen and oxygen atoms in total. The van der Waals surface area contributed by atoms with Crippen molar-refractivity contribution in [3.05, 3.63) is 79.3 Å². The Morgan fingerprint density at radius 3 is 2.58 bits per heavy atom. The molecule has 0 amide bonds. The van der Waals surface area contributed by atoms with Crippen molar-refractivity contribution < 1.29 is 14.6 Å². The van der Waals surface area contributed by atoms with Crippen LogP contribution in [-0.2, 0) is 17.8 Å². The topological polar surface area (TPSA) is 90.5 Å². The molecule has 0 spiro atoms. The van der Waals surface area contributed by atoms with Gasteiger partial charge in [0.15, 0.2) is 0 Å². The van der Waals surface area contributed by atoms with E-state index in [1.165, 1.54) is 4.57 Å². The molecule has 0 saturated carbocycles. The Bertz CT molecular complexity index is 1410. The van der Waals surface area contributed by atoms with E-state index in [-0.39, 0.29) is 26.3 Å². The highest BCUT2D eigenvalue weighted by Crippen LogP contribution is 2.29. The molecule has 4 aromatic rings. The fourth-order valence-electron chi connectivity index (χ4n) is 3.82. The van der Waals surface area contributed by atoms with E-state index < -0.39 is 17.2 Å². The van der Waals surface area contributed by atoms with Gasteiger partial charge in [0.2, 0.25) is 0 Å². The maximum absolute atomic E-state index is 13.3. The zero-order valence-electron chi connectivity index (χ0n) is 17.3. The van der Waals surface area contributed by atoms with Crippen LogP contribution in [0.4, 0.5) is 0 Å². The van der Waals surface area contributed by atoms with Gasteiger partial charge in [-0.05, 0) is 35.7 Å². The number of aliphatic hydroxyl groups excluding tert-OH is 1. The zero-order chi connectivity index (χ0) is 22.1. The predicted octanol–water partition coefficient (Wildman–Crippen LogP) is 2.90. The smallest absolute Gasteiger partial charge is 0.348 e. The lowest BCUT2D eigenvalue weighted by atomic mass is 10.0. The van der Waals surface area contributed by atoms with Gasteiger partial charge in [-0.3, -0.25) is 13.9 Å². The molecule has 0 bridgehead atoms. The first-order valence-corrected chi connectivity index (χ1v) is 10.8. The summed E-state index contributed by atoms with van der Waals surface area (Å²) in [4.78, 5) is 39.5. The normalized spacial score (nSPS) is 11.3. The molecule has 0 fully saturated rings. The second kappa shape index (κ2) is 8.49. The number of fused-ring (bicyclic) bond motifs is 2. The van der Waals surface area contributed by atoms with Gasteiger partial charge >= 0.3 is 11.7 Å². The molecule has 0 aliphatic rings. The van der Waals surface area contributed by atoms with Gasteiger partial charge in [-0.25, -0.2) is 9.59 Å². The lowest BCUT2D eigenvalue weighted by Gasteiger charge is -2.13. The maximum Gasteiger partial charge on any atom is 0.348 e. The lowest BCUT2D eigenvalue weighted by molar-refractivity contribution is 0.0531. The minimum absolute atomic E-state index is 0.118. The average molecular weight is 439 g/mol. The average Bonchev–Trinajstić information content (AvgIpc) is 3.11. The van der Waals surface area contributed by atoms with E-state index in [2.05, 4.69) is 0 Å². The molecular weight excluding hydrogens is 416 g/mol. The number of hydrogen-bond acceptors (Lipinski definition) is 6. The number of nitrogens with zero attached hydrogens (tertiary/aromatic N) is 2. The molecule has 0 aliphatic carbocycles. The highest BCUT2D eigenvalue weighted by molar-refractivity contribution is 7.20. The summed E-state index contributed by atoms with van der Waals surface area (Å²) in [6, 6.07) is 13.7. The Balaban J connectivity index is 2.01. The van der Waals surface area contributed by atoms with Crippen molar-refractivity contribution in [1.29, 1.82) is 0 Å². The molecule has 31 heavy (non-hydrogen) atoms. The number of hydrogen-bond donors (Lipinski definition) is 1. The standard InChI is InChI=1S/C23H22N2O5S/c1-3-30-22(28)19-14(2)18-20(27)24(11-12-26)23(29)25(21(18)31-19)13-16-9-6-8-15-7-4-5-10-17(15)16/h4-10,26H,3,11-13H2,1-2H3. The Kier molecular flexibility index (Phi) is 5.75. The number of thiophene rings is 1. The Labute approximate surface area is 181 Å². The van der Waals surface area contributed by atoms with Crippen molar-refractivity contribution in [1.82, 2.24) is 9.13 Å². The Morgan fingerprint density at radius 1 is 1.10 bits per heavy atom. The van der Waals surface area contributed by atoms with Crippen LogP contribution >= 0.6 is 11.3 Å². The summed E-state index contributed by atoms with van der Waals surface area (Å²) in [6.07, 6.45) is 0. The number of esters is 1. The molecule has 2 aromatic heterocycles. The summed E-state index contributed by atoms with van der Waals surface area (Å²) < 4.78 is 7.68. The molecule has 8 heteroatoms. The van der Waals surface area contributed by atoms with Crippen LogP contribution in [0.2, 0.25) is 0 Å². The van der Waals surface area contributed by atoms with Crippen LogP contribution in [0.5, 0.6) is 0 Å². The number of benzene rings is 2. The highest BCUT2D eigenvalue weighted by atomic mass is 32.1. The first kappa shape index (κ1) is 21.0. The minimum atomic E-state index is -0.517. The first-order valence-electron chi connectivity index (χ1n) is 9.99. The zero-order valence-corrected chi connectivity index (χ0v) is 18.1. The molecule has 2 heterocycles. The molecular formula is C23H22N2O5S. The molecule has 4 rings (SSSR count). The SMILES string of the molecule is CCOC(=O)c1sc2c(c1C)c(=O)n(CCO)c(=O)n2Cc1cccc2ccccc12. The number of carbonyl (C=O) groups excluding carboxylic acids is 1. The summed E-state index contributed by atoms with van der Waals surface area (Å²) in [5, 5.41) is 11.8. The number of aromatic nitrogens is 2. The molecule has 0 aliphatic heterocycles. The van der Waals surface area contributed by atoms with Crippen molar-refractivity contribution in [2.75, 3.05) is 13.2 Å². The molecule has 0 saturated heterocycles. The number of ether oxygens (including phenoxy) is 1. The van der Waals surface area contributed by atoms with Crippen molar-refractivity contribution in [3.8, 4) is 0 Å². The van der Waals surface area contributed by atoms with Crippen LogP contribution in [0.15, 0.2) is 52.1 Å². The van der Waals surface area contributed by atoms with Gasteiger partial charge in [-0.2, -0.15) is 0 Å². The first-order chi connectivity index (χ1) is 15.0. The van der Waals surface area contributed by atoms with E-state index in [9.17, 15) is 19.5 Å². The number of carbonyl (C=O) groups is 1. The van der Waals surface area contributed by atoms with E-state index in [1.54, 1.807) is 13.8 Å². The van der Waals surface area contributed by atoms with Crippen LogP contribution in [0.3, 0.4) is 0 Å². The second-order valence-corrected chi connectivity index (χ2v) is 8.14.